The van der Waals surface area contributed by atoms with Gasteiger partial charge in [-0.3, -0.25) is 0 Å². The summed E-state index contributed by atoms with van der Waals surface area (Å²) in [5.74, 6) is 0.416. The molecule has 0 saturated carbocycles. The molecule has 1 N–H and O–H groups in total. The molecule has 3 nitrogen and oxygen atoms in total. The van der Waals surface area contributed by atoms with Crippen molar-refractivity contribution >= 4 is 37.1 Å². The third kappa shape index (κ3) is 4.95. The summed E-state index contributed by atoms with van der Waals surface area (Å²) < 4.78 is 23.9. The Balaban J connectivity index is 2.39. The van der Waals surface area contributed by atoms with Gasteiger partial charge in [0.1, 0.15) is 0 Å². The quantitative estimate of drug-likeness (QED) is 0.873. The molecule has 0 aliphatic carbocycles. The Labute approximate surface area is 109 Å². The standard InChI is InChI=1S/C10H16BrNO2S2/c1-3-16(13,14)7-8(2)12-6-9-4-5-10(11)15-9/h4-5,8,12H,3,6-7H2,1-2H3. The lowest BCUT2D eigenvalue weighted by molar-refractivity contribution is 0.559. The van der Waals surface area contributed by atoms with E-state index >= 15 is 0 Å². The van der Waals surface area contributed by atoms with E-state index in [4.69, 9.17) is 0 Å². The monoisotopic (exact) mass is 325 g/mol. The van der Waals surface area contributed by atoms with Crippen LogP contribution in [-0.4, -0.2) is 26.0 Å². The Morgan fingerprint density at radius 3 is 2.69 bits per heavy atom. The van der Waals surface area contributed by atoms with E-state index in [1.54, 1.807) is 18.3 Å². The Bertz CT molecular complexity index is 428. The van der Waals surface area contributed by atoms with E-state index in [-0.39, 0.29) is 17.5 Å². The maximum absolute atomic E-state index is 11.4. The van der Waals surface area contributed by atoms with Crippen molar-refractivity contribution in [2.75, 3.05) is 11.5 Å². The van der Waals surface area contributed by atoms with Crippen LogP contribution < -0.4 is 5.32 Å². The number of nitrogens with one attached hydrogen (secondary N) is 1. The molecule has 0 radical (unpaired) electrons. The van der Waals surface area contributed by atoms with Gasteiger partial charge in [0.2, 0.25) is 0 Å². The molecule has 0 amide bonds. The summed E-state index contributed by atoms with van der Waals surface area (Å²) in [4.78, 5) is 1.20. The topological polar surface area (TPSA) is 46.2 Å². The van der Waals surface area contributed by atoms with Crippen LogP contribution in [0.15, 0.2) is 15.9 Å². The Morgan fingerprint density at radius 1 is 1.50 bits per heavy atom. The number of hydrogen-bond donors (Lipinski definition) is 1. The van der Waals surface area contributed by atoms with Crippen molar-refractivity contribution in [3.05, 3.63) is 20.8 Å². The highest BCUT2D eigenvalue weighted by molar-refractivity contribution is 9.11. The van der Waals surface area contributed by atoms with E-state index in [1.807, 2.05) is 19.1 Å². The van der Waals surface area contributed by atoms with Gasteiger partial charge in [0, 0.05) is 23.2 Å². The summed E-state index contributed by atoms with van der Waals surface area (Å²) >= 11 is 5.05. The van der Waals surface area contributed by atoms with Crippen LogP contribution in [0.3, 0.4) is 0 Å². The number of hydrogen-bond acceptors (Lipinski definition) is 4. The molecule has 0 spiro atoms. The second-order valence-corrected chi connectivity index (χ2v) is 8.63. The first-order chi connectivity index (χ1) is 7.43. The van der Waals surface area contributed by atoms with Crippen molar-refractivity contribution in [1.29, 1.82) is 0 Å². The molecular formula is C10H16BrNO2S2. The van der Waals surface area contributed by atoms with Crippen molar-refractivity contribution < 1.29 is 8.42 Å². The molecular weight excluding hydrogens is 310 g/mol. The van der Waals surface area contributed by atoms with Crippen LogP contribution in [0.25, 0.3) is 0 Å². The molecule has 92 valence electrons. The second kappa shape index (κ2) is 6.14. The molecule has 1 aromatic rings. The normalized spacial score (nSPS) is 13.9. The molecule has 1 aromatic heterocycles. The van der Waals surface area contributed by atoms with Crippen LogP contribution in [0.1, 0.15) is 18.7 Å². The Kier molecular flexibility index (Phi) is 5.43. The van der Waals surface area contributed by atoms with Crippen LogP contribution in [0.5, 0.6) is 0 Å². The van der Waals surface area contributed by atoms with Crippen LogP contribution in [0, 0.1) is 0 Å². The zero-order chi connectivity index (χ0) is 12.2. The van der Waals surface area contributed by atoms with Crippen molar-refractivity contribution in [1.82, 2.24) is 5.32 Å². The summed E-state index contributed by atoms with van der Waals surface area (Å²) in [6.07, 6.45) is 0. The molecule has 1 heterocycles. The van der Waals surface area contributed by atoms with Crippen LogP contribution in [-0.2, 0) is 16.4 Å². The van der Waals surface area contributed by atoms with Crippen molar-refractivity contribution in [3.8, 4) is 0 Å². The van der Waals surface area contributed by atoms with E-state index in [0.717, 1.165) is 10.3 Å². The number of sulfone groups is 1. The SMILES string of the molecule is CCS(=O)(=O)CC(C)NCc1ccc(Br)s1. The zero-order valence-electron chi connectivity index (χ0n) is 9.36. The molecule has 0 aliphatic rings. The number of thiophene rings is 1. The van der Waals surface area contributed by atoms with E-state index in [1.165, 1.54) is 4.88 Å². The minimum absolute atomic E-state index is 0.00849. The predicted molar refractivity (Wildman–Crippen MR) is 72.6 cm³/mol. The summed E-state index contributed by atoms with van der Waals surface area (Å²) in [5.41, 5.74) is 0. The molecule has 0 fully saturated rings. The summed E-state index contributed by atoms with van der Waals surface area (Å²) in [5, 5.41) is 3.21. The largest absolute Gasteiger partial charge is 0.308 e. The zero-order valence-corrected chi connectivity index (χ0v) is 12.6. The maximum atomic E-state index is 11.4. The van der Waals surface area contributed by atoms with Gasteiger partial charge in [0.15, 0.2) is 9.84 Å². The highest BCUT2D eigenvalue weighted by Gasteiger charge is 2.13. The van der Waals surface area contributed by atoms with Gasteiger partial charge < -0.3 is 5.32 Å². The van der Waals surface area contributed by atoms with E-state index in [9.17, 15) is 8.42 Å². The Hall–Kier alpha value is 0.0900. The smallest absolute Gasteiger partial charge is 0.151 e. The van der Waals surface area contributed by atoms with Crippen LogP contribution in [0.4, 0.5) is 0 Å². The van der Waals surface area contributed by atoms with Gasteiger partial charge in [0.25, 0.3) is 0 Å². The first-order valence-corrected chi connectivity index (χ1v) is 8.54. The minimum Gasteiger partial charge on any atom is -0.308 e. The third-order valence-electron chi connectivity index (χ3n) is 2.20. The van der Waals surface area contributed by atoms with E-state index in [2.05, 4.69) is 21.2 Å². The van der Waals surface area contributed by atoms with Crippen molar-refractivity contribution in [2.45, 2.75) is 26.4 Å². The fraction of sp³-hybridized carbons (Fsp3) is 0.600. The molecule has 1 unspecified atom stereocenters. The van der Waals surface area contributed by atoms with Gasteiger partial charge in [-0.05, 0) is 35.0 Å². The molecule has 0 aliphatic heterocycles. The van der Waals surface area contributed by atoms with Gasteiger partial charge in [0.05, 0.1) is 9.54 Å². The fourth-order valence-electron chi connectivity index (χ4n) is 1.28. The summed E-state index contributed by atoms with van der Waals surface area (Å²) in [6, 6.07) is 4.02. The number of halogens is 1. The minimum atomic E-state index is -2.89. The van der Waals surface area contributed by atoms with Crippen LogP contribution in [0.2, 0.25) is 0 Å². The number of rotatable bonds is 6. The molecule has 0 bridgehead atoms. The second-order valence-electron chi connectivity index (χ2n) is 3.69. The summed E-state index contributed by atoms with van der Waals surface area (Å²) in [7, 11) is -2.89. The lowest BCUT2D eigenvalue weighted by Crippen LogP contribution is -2.32. The average molecular weight is 326 g/mol. The van der Waals surface area contributed by atoms with Gasteiger partial charge >= 0.3 is 0 Å². The third-order valence-corrected chi connectivity index (χ3v) is 5.71. The summed E-state index contributed by atoms with van der Waals surface area (Å²) in [6.45, 7) is 4.30. The Morgan fingerprint density at radius 2 is 2.19 bits per heavy atom. The van der Waals surface area contributed by atoms with Gasteiger partial charge in [-0.15, -0.1) is 11.3 Å². The highest BCUT2D eigenvalue weighted by atomic mass is 79.9. The molecule has 0 saturated heterocycles. The molecule has 16 heavy (non-hydrogen) atoms. The van der Waals surface area contributed by atoms with E-state index in [0.29, 0.717) is 0 Å². The molecule has 1 atom stereocenters. The van der Waals surface area contributed by atoms with E-state index < -0.39 is 9.84 Å². The van der Waals surface area contributed by atoms with Gasteiger partial charge in [-0.1, -0.05) is 6.92 Å². The first kappa shape index (κ1) is 14.2. The fourth-order valence-corrected chi connectivity index (χ4v) is 3.83. The van der Waals surface area contributed by atoms with Crippen molar-refractivity contribution in [2.24, 2.45) is 0 Å². The molecule has 0 aromatic carbocycles. The average Bonchev–Trinajstić information content (AvgIpc) is 2.61. The maximum Gasteiger partial charge on any atom is 0.151 e. The lowest BCUT2D eigenvalue weighted by Gasteiger charge is -2.12. The van der Waals surface area contributed by atoms with Gasteiger partial charge in [-0.2, -0.15) is 0 Å². The molecule has 1 rings (SSSR count). The van der Waals surface area contributed by atoms with Crippen LogP contribution >= 0.6 is 27.3 Å². The highest BCUT2D eigenvalue weighted by Crippen LogP contribution is 2.21. The van der Waals surface area contributed by atoms with Gasteiger partial charge in [-0.25, -0.2) is 8.42 Å². The molecule has 6 heteroatoms. The van der Waals surface area contributed by atoms with Crippen molar-refractivity contribution in [3.63, 3.8) is 0 Å². The lowest BCUT2D eigenvalue weighted by atomic mass is 10.3. The first-order valence-electron chi connectivity index (χ1n) is 5.11. The predicted octanol–water partition coefficient (Wildman–Crippen LogP) is 2.42.